The van der Waals surface area contributed by atoms with Gasteiger partial charge in [0.15, 0.2) is 9.84 Å². The van der Waals surface area contributed by atoms with Gasteiger partial charge < -0.3 is 10.0 Å². The first-order chi connectivity index (χ1) is 13.2. The van der Waals surface area contributed by atoms with Crippen molar-refractivity contribution in [3.05, 3.63) is 65.2 Å². The molecule has 0 aromatic heterocycles. The number of amides is 1. The van der Waals surface area contributed by atoms with Crippen LogP contribution in [0.4, 0.5) is 0 Å². The maximum Gasteiger partial charge on any atom is 0.254 e. The molecule has 0 bridgehead atoms. The summed E-state index contributed by atoms with van der Waals surface area (Å²) in [5.41, 5.74) is 1.98. The summed E-state index contributed by atoms with van der Waals surface area (Å²) in [4.78, 5) is 25.9. The van der Waals surface area contributed by atoms with E-state index in [1.54, 1.807) is 12.1 Å². The number of Topliss-reactive ketones (excluding diaryl/α,β-unsaturated/α-hetero) is 1. The topological polar surface area (TPSA) is 91.8 Å². The smallest absolute Gasteiger partial charge is 0.254 e. The summed E-state index contributed by atoms with van der Waals surface area (Å²) < 4.78 is 25.5. The van der Waals surface area contributed by atoms with Gasteiger partial charge >= 0.3 is 0 Å². The van der Waals surface area contributed by atoms with Gasteiger partial charge in [0.2, 0.25) is 0 Å². The molecule has 0 saturated heterocycles. The molecule has 0 heterocycles. The van der Waals surface area contributed by atoms with Crippen LogP contribution in [0.2, 0.25) is 0 Å². The third kappa shape index (κ3) is 5.74. The van der Waals surface area contributed by atoms with Crippen LogP contribution in [0.3, 0.4) is 0 Å². The van der Waals surface area contributed by atoms with E-state index in [9.17, 15) is 18.0 Å². The maximum atomic E-state index is 12.8. The molecular weight excluding hydrogens is 378 g/mol. The molecule has 0 aliphatic carbocycles. The number of aliphatic hydroxyl groups is 1. The number of ketones is 1. The lowest BCUT2D eigenvalue weighted by atomic mass is 10.1. The van der Waals surface area contributed by atoms with Gasteiger partial charge in [-0.3, -0.25) is 9.59 Å². The van der Waals surface area contributed by atoms with Crippen molar-refractivity contribution < 1.29 is 23.1 Å². The summed E-state index contributed by atoms with van der Waals surface area (Å²) in [7, 11) is -2.32. The quantitative estimate of drug-likeness (QED) is 0.692. The van der Waals surface area contributed by atoms with Crippen LogP contribution in [-0.4, -0.2) is 56.1 Å². The molecule has 2 aromatic rings. The summed E-state index contributed by atoms with van der Waals surface area (Å²) in [6, 6.07) is 13.5. The average molecular weight is 404 g/mol. The highest BCUT2D eigenvalue weighted by atomic mass is 32.2. The Bertz CT molecular complexity index is 936. The van der Waals surface area contributed by atoms with Crippen molar-refractivity contribution in [3.63, 3.8) is 0 Å². The number of hydrogen-bond donors (Lipinski definition) is 1. The second-order valence-corrected chi connectivity index (χ2v) is 8.79. The van der Waals surface area contributed by atoms with E-state index in [0.29, 0.717) is 0 Å². The largest absolute Gasteiger partial charge is 0.395 e. The second-order valence-electron chi connectivity index (χ2n) is 6.72. The summed E-state index contributed by atoms with van der Waals surface area (Å²) in [5.74, 6) is -1.01. The molecule has 0 spiro atoms. The van der Waals surface area contributed by atoms with E-state index >= 15 is 0 Å². The maximum absolute atomic E-state index is 12.8. The lowest BCUT2D eigenvalue weighted by Crippen LogP contribution is -2.30. The minimum Gasteiger partial charge on any atom is -0.395 e. The number of rotatable bonds is 9. The summed E-state index contributed by atoms with van der Waals surface area (Å²) >= 11 is 0. The van der Waals surface area contributed by atoms with Gasteiger partial charge in [0.05, 0.1) is 22.8 Å². The van der Waals surface area contributed by atoms with Gasteiger partial charge in [-0.25, -0.2) is 8.42 Å². The number of aryl methyl sites for hydroxylation is 1. The van der Waals surface area contributed by atoms with Crippen molar-refractivity contribution in [1.82, 2.24) is 4.90 Å². The number of likely N-dealkylation sites (N-methyl/N-ethyl adjacent to an activating group) is 1. The van der Waals surface area contributed by atoms with Crippen LogP contribution in [0.25, 0.3) is 0 Å². The Morgan fingerprint density at radius 2 is 1.68 bits per heavy atom. The molecule has 0 aliphatic rings. The zero-order valence-corrected chi connectivity index (χ0v) is 16.9. The van der Waals surface area contributed by atoms with E-state index in [1.807, 2.05) is 31.2 Å². The fourth-order valence-corrected chi connectivity index (χ4v) is 4.24. The predicted octanol–water partition coefficient (Wildman–Crippen LogP) is 2.03. The van der Waals surface area contributed by atoms with E-state index in [1.165, 1.54) is 24.1 Å². The normalized spacial score (nSPS) is 11.2. The molecule has 0 saturated carbocycles. The van der Waals surface area contributed by atoms with Gasteiger partial charge in [-0.2, -0.15) is 0 Å². The number of sulfone groups is 1. The number of benzene rings is 2. The van der Waals surface area contributed by atoms with E-state index in [2.05, 4.69) is 0 Å². The van der Waals surface area contributed by atoms with Crippen molar-refractivity contribution in [2.24, 2.45) is 0 Å². The minimum absolute atomic E-state index is 0.0458. The zero-order chi connectivity index (χ0) is 20.7. The van der Waals surface area contributed by atoms with Crippen LogP contribution in [0.5, 0.6) is 0 Å². The predicted molar refractivity (Wildman–Crippen MR) is 107 cm³/mol. The molecule has 2 rings (SSSR count). The molecule has 6 nitrogen and oxygen atoms in total. The van der Waals surface area contributed by atoms with E-state index in [4.69, 9.17) is 5.11 Å². The fraction of sp³-hybridized carbons (Fsp3) is 0.333. The highest BCUT2D eigenvalue weighted by Crippen LogP contribution is 2.20. The molecule has 2 aromatic carbocycles. The van der Waals surface area contributed by atoms with Crippen LogP contribution in [0, 0.1) is 6.92 Å². The second kappa shape index (κ2) is 9.61. The molecule has 1 N–H and O–H groups in total. The summed E-state index contributed by atoms with van der Waals surface area (Å²) in [5, 5.41) is 8.99. The van der Waals surface area contributed by atoms with E-state index in [0.717, 1.165) is 11.1 Å². The lowest BCUT2D eigenvalue weighted by Gasteiger charge is -2.18. The third-order valence-electron chi connectivity index (χ3n) is 4.41. The standard InChI is InChI=1S/C21H25NO5S/c1-16-7-9-17(10-8-16)15-18(24)11-14-28(26,27)20-6-4-3-5-19(20)21(25)22(2)12-13-23/h3-10,23H,11-15H2,1-2H3. The van der Waals surface area contributed by atoms with Gasteiger partial charge in [0.1, 0.15) is 5.78 Å². The highest BCUT2D eigenvalue weighted by molar-refractivity contribution is 7.91. The van der Waals surface area contributed by atoms with Crippen molar-refractivity contribution >= 4 is 21.5 Å². The third-order valence-corrected chi connectivity index (χ3v) is 6.17. The Hall–Kier alpha value is -2.51. The molecule has 0 atom stereocenters. The Morgan fingerprint density at radius 1 is 1.04 bits per heavy atom. The first-order valence-corrected chi connectivity index (χ1v) is 10.6. The molecule has 0 radical (unpaired) electrons. The number of hydrogen-bond acceptors (Lipinski definition) is 5. The van der Waals surface area contributed by atoms with Crippen LogP contribution in [-0.2, 0) is 21.1 Å². The molecule has 1 amide bonds. The van der Waals surface area contributed by atoms with Crippen molar-refractivity contribution in [2.75, 3.05) is 26.0 Å². The average Bonchev–Trinajstić information content (AvgIpc) is 2.68. The molecular formula is C21H25NO5S. The fourth-order valence-electron chi connectivity index (χ4n) is 2.75. The highest BCUT2D eigenvalue weighted by Gasteiger charge is 2.24. The van der Waals surface area contributed by atoms with Gasteiger partial charge in [0.25, 0.3) is 5.91 Å². The van der Waals surface area contributed by atoms with Crippen molar-refractivity contribution in [1.29, 1.82) is 0 Å². The zero-order valence-electron chi connectivity index (χ0n) is 16.1. The summed E-state index contributed by atoms with van der Waals surface area (Å²) in [6.45, 7) is 1.84. The van der Waals surface area contributed by atoms with Crippen LogP contribution in [0.15, 0.2) is 53.4 Å². The Balaban J connectivity index is 2.11. The minimum atomic E-state index is -3.81. The Morgan fingerprint density at radius 3 is 2.32 bits per heavy atom. The SMILES string of the molecule is Cc1ccc(CC(=O)CCS(=O)(=O)c2ccccc2C(=O)N(C)CCO)cc1. The first-order valence-electron chi connectivity index (χ1n) is 9.00. The molecule has 7 heteroatoms. The number of carbonyl (C=O) groups is 2. The van der Waals surface area contributed by atoms with Crippen LogP contribution in [0.1, 0.15) is 27.9 Å². The van der Waals surface area contributed by atoms with Gasteiger partial charge in [-0.05, 0) is 24.6 Å². The van der Waals surface area contributed by atoms with Crippen molar-refractivity contribution in [2.45, 2.75) is 24.7 Å². The molecule has 0 fully saturated rings. The molecule has 0 unspecified atom stereocenters. The van der Waals surface area contributed by atoms with E-state index < -0.39 is 15.7 Å². The van der Waals surface area contributed by atoms with Crippen LogP contribution < -0.4 is 0 Å². The van der Waals surface area contributed by atoms with Gasteiger partial charge in [0, 0.05) is 26.4 Å². The molecule has 0 aliphatic heterocycles. The Kier molecular flexibility index (Phi) is 7.48. The lowest BCUT2D eigenvalue weighted by molar-refractivity contribution is -0.118. The first kappa shape index (κ1) is 21.8. The van der Waals surface area contributed by atoms with E-state index in [-0.39, 0.29) is 48.0 Å². The monoisotopic (exact) mass is 403 g/mol. The number of nitrogens with zero attached hydrogens (tertiary/aromatic N) is 1. The van der Waals surface area contributed by atoms with Crippen LogP contribution >= 0.6 is 0 Å². The van der Waals surface area contributed by atoms with Gasteiger partial charge in [-0.1, -0.05) is 42.0 Å². The molecule has 28 heavy (non-hydrogen) atoms. The number of carbonyl (C=O) groups excluding carboxylic acids is 2. The Labute approximate surface area is 165 Å². The van der Waals surface area contributed by atoms with Gasteiger partial charge in [-0.15, -0.1) is 0 Å². The number of aliphatic hydroxyl groups excluding tert-OH is 1. The summed E-state index contributed by atoms with van der Waals surface area (Å²) in [6.07, 6.45) is 0.0564. The molecule has 150 valence electrons. The van der Waals surface area contributed by atoms with Crippen molar-refractivity contribution in [3.8, 4) is 0 Å².